The van der Waals surface area contributed by atoms with Crippen LogP contribution in [0.5, 0.6) is 0 Å². The predicted octanol–water partition coefficient (Wildman–Crippen LogP) is 6.36. The van der Waals surface area contributed by atoms with E-state index in [0.29, 0.717) is 36.6 Å². The molecule has 0 unspecified atom stereocenters. The molecule has 33 heavy (non-hydrogen) atoms. The molecule has 2 N–H and O–H groups in total. The summed E-state index contributed by atoms with van der Waals surface area (Å²) in [5.74, 6) is 0. The number of aliphatic hydroxyl groups is 1. The molecule has 5 nitrogen and oxygen atoms in total. The molecule has 172 valence electrons. The van der Waals surface area contributed by atoms with Gasteiger partial charge in [0.15, 0.2) is 0 Å². The third kappa shape index (κ3) is 5.55. The molecular weight excluding hydrogens is 434 g/mol. The van der Waals surface area contributed by atoms with Gasteiger partial charge in [0.25, 0.3) is 0 Å². The lowest BCUT2D eigenvalue weighted by atomic mass is 9.89. The minimum atomic E-state index is -0.314. The van der Waals surface area contributed by atoms with Crippen LogP contribution in [0.3, 0.4) is 0 Å². The lowest BCUT2D eigenvalue weighted by Gasteiger charge is -2.29. The summed E-state index contributed by atoms with van der Waals surface area (Å²) in [5.41, 5.74) is 5.80. The van der Waals surface area contributed by atoms with E-state index in [2.05, 4.69) is 49.3 Å². The molecule has 2 heterocycles. The Morgan fingerprint density at radius 2 is 1.73 bits per heavy atom. The van der Waals surface area contributed by atoms with Crippen LogP contribution in [0.4, 0.5) is 10.5 Å². The summed E-state index contributed by atoms with van der Waals surface area (Å²) in [6.45, 7) is 7.58. The Balaban J connectivity index is 1.54. The number of rotatable bonds is 3. The van der Waals surface area contributed by atoms with Crippen LogP contribution in [-0.2, 0) is 5.41 Å². The number of benzene rings is 2. The molecule has 1 fully saturated rings. The van der Waals surface area contributed by atoms with E-state index in [1.54, 1.807) is 11.0 Å². The van der Waals surface area contributed by atoms with Gasteiger partial charge in [-0.2, -0.15) is 0 Å². The Bertz CT molecular complexity index is 1150. The van der Waals surface area contributed by atoms with Gasteiger partial charge in [-0.1, -0.05) is 56.6 Å². The first-order valence-electron chi connectivity index (χ1n) is 11.3. The van der Waals surface area contributed by atoms with E-state index in [4.69, 9.17) is 11.6 Å². The molecule has 3 aromatic rings. The summed E-state index contributed by atoms with van der Waals surface area (Å²) < 4.78 is 0. The lowest BCUT2D eigenvalue weighted by molar-refractivity contribution is 0.0972. The molecule has 1 aliphatic heterocycles. The number of nitrogens with one attached hydrogen (secondary N) is 1. The molecule has 0 bridgehead atoms. The first kappa shape index (κ1) is 23.3. The largest absolute Gasteiger partial charge is 0.393 e. The van der Waals surface area contributed by atoms with Gasteiger partial charge < -0.3 is 15.3 Å². The minimum Gasteiger partial charge on any atom is -0.393 e. The molecule has 6 heteroatoms. The highest BCUT2D eigenvalue weighted by molar-refractivity contribution is 6.33. The summed E-state index contributed by atoms with van der Waals surface area (Å²) in [6, 6.07) is 17.9. The monoisotopic (exact) mass is 463 g/mol. The average Bonchev–Trinajstić information content (AvgIpc) is 2.79. The number of urea groups is 1. The first-order valence-corrected chi connectivity index (χ1v) is 11.7. The van der Waals surface area contributed by atoms with E-state index in [0.717, 1.165) is 27.9 Å². The molecule has 1 saturated heterocycles. The fourth-order valence-electron chi connectivity index (χ4n) is 3.99. The van der Waals surface area contributed by atoms with E-state index >= 15 is 0 Å². The standard InChI is InChI=1S/C27H30ClN3O2/c1-27(2,3)25-16-19(9-12-29-25)18-5-4-6-20(15-18)23-8-7-21(17-24(23)28)30-26(33)31-13-10-22(32)11-14-31/h4-9,12,15-17,22,32H,10-11,13-14H2,1-3H3,(H,30,33). The van der Waals surface area contributed by atoms with Gasteiger partial charge in [0, 0.05) is 41.6 Å². The number of carbonyl (C=O) groups is 1. The van der Waals surface area contributed by atoms with E-state index < -0.39 is 0 Å². The first-order chi connectivity index (χ1) is 15.7. The maximum absolute atomic E-state index is 12.5. The second kappa shape index (κ2) is 9.54. The number of aromatic nitrogens is 1. The molecule has 2 amide bonds. The Morgan fingerprint density at radius 3 is 2.42 bits per heavy atom. The summed E-state index contributed by atoms with van der Waals surface area (Å²) in [4.78, 5) is 18.8. The van der Waals surface area contributed by atoms with E-state index in [9.17, 15) is 9.90 Å². The topological polar surface area (TPSA) is 65.5 Å². The van der Waals surface area contributed by atoms with Gasteiger partial charge in [-0.3, -0.25) is 4.98 Å². The van der Waals surface area contributed by atoms with Crippen molar-refractivity contribution in [3.05, 3.63) is 71.5 Å². The van der Waals surface area contributed by atoms with Crippen molar-refractivity contribution >= 4 is 23.3 Å². The number of halogens is 1. The molecular formula is C27H30ClN3O2. The summed E-state index contributed by atoms with van der Waals surface area (Å²) in [7, 11) is 0. The molecule has 0 atom stereocenters. The van der Waals surface area contributed by atoms with Crippen LogP contribution in [0.1, 0.15) is 39.3 Å². The highest BCUT2D eigenvalue weighted by Crippen LogP contribution is 2.34. The summed E-state index contributed by atoms with van der Waals surface area (Å²) in [5, 5.41) is 13.1. The SMILES string of the molecule is CC(C)(C)c1cc(-c2cccc(-c3ccc(NC(=O)N4CCC(O)CC4)cc3Cl)c2)ccn1. The number of piperidine rings is 1. The molecule has 0 aliphatic carbocycles. The second-order valence-corrected chi connectivity index (χ2v) is 10.0. The van der Waals surface area contributed by atoms with Crippen molar-refractivity contribution in [3.63, 3.8) is 0 Å². The van der Waals surface area contributed by atoms with Crippen molar-refractivity contribution in [2.45, 2.75) is 45.1 Å². The van der Waals surface area contributed by atoms with Crippen LogP contribution in [0, 0.1) is 0 Å². The molecule has 0 saturated carbocycles. The third-order valence-corrected chi connectivity index (χ3v) is 6.32. The maximum atomic E-state index is 12.5. The maximum Gasteiger partial charge on any atom is 0.321 e. The van der Waals surface area contributed by atoms with Crippen LogP contribution in [0.2, 0.25) is 5.02 Å². The Kier molecular flexibility index (Phi) is 6.73. The molecule has 0 radical (unpaired) electrons. The number of amides is 2. The Hall–Kier alpha value is -2.89. The summed E-state index contributed by atoms with van der Waals surface area (Å²) in [6.07, 6.45) is 2.76. The molecule has 1 aromatic heterocycles. The van der Waals surface area contributed by atoms with Crippen molar-refractivity contribution < 1.29 is 9.90 Å². The minimum absolute atomic E-state index is 0.0226. The number of carbonyl (C=O) groups excluding carboxylic acids is 1. The van der Waals surface area contributed by atoms with Gasteiger partial charge in [-0.05, 0) is 59.9 Å². The van der Waals surface area contributed by atoms with Crippen molar-refractivity contribution in [1.82, 2.24) is 9.88 Å². The van der Waals surface area contributed by atoms with E-state index in [1.165, 1.54) is 0 Å². The Morgan fingerprint density at radius 1 is 1.03 bits per heavy atom. The van der Waals surface area contributed by atoms with Crippen molar-refractivity contribution in [1.29, 1.82) is 0 Å². The number of hydrogen-bond donors (Lipinski definition) is 2. The van der Waals surface area contributed by atoms with Crippen LogP contribution >= 0.6 is 11.6 Å². The zero-order valence-corrected chi connectivity index (χ0v) is 20.1. The van der Waals surface area contributed by atoms with Gasteiger partial charge in [0.1, 0.15) is 0 Å². The fraction of sp³-hybridized carbons (Fsp3) is 0.333. The lowest BCUT2D eigenvalue weighted by Crippen LogP contribution is -2.42. The fourth-order valence-corrected chi connectivity index (χ4v) is 4.27. The average molecular weight is 464 g/mol. The number of aliphatic hydroxyl groups excluding tert-OH is 1. The van der Waals surface area contributed by atoms with Crippen LogP contribution in [-0.4, -0.2) is 40.2 Å². The zero-order chi connectivity index (χ0) is 23.6. The number of anilines is 1. The quantitative estimate of drug-likeness (QED) is 0.475. The van der Waals surface area contributed by atoms with Crippen LogP contribution in [0.15, 0.2) is 60.8 Å². The van der Waals surface area contributed by atoms with Crippen LogP contribution < -0.4 is 5.32 Å². The molecule has 1 aliphatic rings. The Labute approximate surface area is 200 Å². The number of likely N-dealkylation sites (tertiary alicyclic amines) is 1. The van der Waals surface area contributed by atoms with Gasteiger partial charge in [0.05, 0.1) is 11.1 Å². The number of pyridine rings is 1. The van der Waals surface area contributed by atoms with E-state index in [-0.39, 0.29) is 17.6 Å². The highest BCUT2D eigenvalue weighted by atomic mass is 35.5. The molecule has 4 rings (SSSR count). The summed E-state index contributed by atoms with van der Waals surface area (Å²) >= 11 is 6.63. The van der Waals surface area contributed by atoms with Gasteiger partial charge >= 0.3 is 6.03 Å². The van der Waals surface area contributed by atoms with Crippen molar-refractivity contribution in [2.75, 3.05) is 18.4 Å². The van der Waals surface area contributed by atoms with Gasteiger partial charge in [0.2, 0.25) is 0 Å². The third-order valence-electron chi connectivity index (χ3n) is 6.01. The van der Waals surface area contributed by atoms with Crippen LogP contribution in [0.25, 0.3) is 22.3 Å². The normalized spacial score (nSPS) is 14.9. The van der Waals surface area contributed by atoms with Gasteiger partial charge in [-0.25, -0.2) is 4.79 Å². The van der Waals surface area contributed by atoms with E-state index in [1.807, 2.05) is 36.5 Å². The second-order valence-electron chi connectivity index (χ2n) is 9.60. The smallest absolute Gasteiger partial charge is 0.321 e. The van der Waals surface area contributed by atoms with Crippen molar-refractivity contribution in [3.8, 4) is 22.3 Å². The number of nitrogens with zero attached hydrogens (tertiary/aromatic N) is 2. The predicted molar refractivity (Wildman–Crippen MR) is 135 cm³/mol. The van der Waals surface area contributed by atoms with Crippen molar-refractivity contribution in [2.24, 2.45) is 0 Å². The molecule has 0 spiro atoms. The molecule has 2 aromatic carbocycles. The zero-order valence-electron chi connectivity index (χ0n) is 19.3. The van der Waals surface area contributed by atoms with Gasteiger partial charge in [-0.15, -0.1) is 0 Å². The highest BCUT2D eigenvalue weighted by Gasteiger charge is 2.21. The number of hydrogen-bond acceptors (Lipinski definition) is 3.